The molecule has 1 fully saturated rings. The van der Waals surface area contributed by atoms with Crippen LogP contribution in [-0.2, 0) is 32.4 Å². The van der Waals surface area contributed by atoms with Gasteiger partial charge in [0.25, 0.3) is 0 Å². The predicted molar refractivity (Wildman–Crippen MR) is 120 cm³/mol. The van der Waals surface area contributed by atoms with Crippen molar-refractivity contribution in [2.45, 2.75) is 24.2 Å². The van der Waals surface area contributed by atoms with E-state index in [4.69, 9.17) is 4.74 Å². The molecule has 1 aromatic carbocycles. The van der Waals surface area contributed by atoms with E-state index < -0.39 is 10.0 Å². The van der Waals surface area contributed by atoms with Crippen LogP contribution in [0.5, 0.6) is 0 Å². The SMILES string of the molecule is O=C1CCc2cc(S(=O)(=O)NCCNc3cc(N4CCOCC4)ncn3)cc3c2N1CC3. The average molecular weight is 459 g/mol. The second-order valence-electron chi connectivity index (χ2n) is 8.07. The molecule has 4 heterocycles. The van der Waals surface area contributed by atoms with Crippen LogP contribution >= 0.6 is 0 Å². The molecule has 3 aliphatic heterocycles. The summed E-state index contributed by atoms with van der Waals surface area (Å²) >= 11 is 0. The number of aryl methyl sites for hydroxylation is 1. The summed E-state index contributed by atoms with van der Waals surface area (Å²) in [4.78, 5) is 24.8. The van der Waals surface area contributed by atoms with Gasteiger partial charge in [0, 0.05) is 45.2 Å². The molecule has 0 atom stereocenters. The van der Waals surface area contributed by atoms with Crippen LogP contribution in [0.25, 0.3) is 0 Å². The topological polar surface area (TPSA) is 117 Å². The quantitative estimate of drug-likeness (QED) is 0.578. The normalized spacial score (nSPS) is 18.1. The molecule has 1 amide bonds. The van der Waals surface area contributed by atoms with E-state index in [1.807, 2.05) is 6.07 Å². The Morgan fingerprint density at radius 1 is 0.969 bits per heavy atom. The molecule has 0 spiro atoms. The van der Waals surface area contributed by atoms with Crippen molar-refractivity contribution < 1.29 is 17.9 Å². The van der Waals surface area contributed by atoms with E-state index in [1.165, 1.54) is 6.33 Å². The monoisotopic (exact) mass is 458 g/mol. The number of rotatable bonds is 7. The van der Waals surface area contributed by atoms with Gasteiger partial charge >= 0.3 is 0 Å². The van der Waals surface area contributed by atoms with E-state index in [0.717, 1.165) is 35.7 Å². The van der Waals surface area contributed by atoms with Crippen LogP contribution in [0.3, 0.4) is 0 Å². The second-order valence-corrected chi connectivity index (χ2v) is 9.84. The molecule has 0 aliphatic carbocycles. The minimum absolute atomic E-state index is 0.123. The average Bonchev–Trinajstić information content (AvgIpc) is 3.25. The summed E-state index contributed by atoms with van der Waals surface area (Å²) in [5, 5.41) is 3.15. The highest BCUT2D eigenvalue weighted by atomic mass is 32.2. The molecule has 11 heteroatoms. The number of sulfonamides is 1. The van der Waals surface area contributed by atoms with E-state index >= 15 is 0 Å². The summed E-state index contributed by atoms with van der Waals surface area (Å²) in [5.74, 6) is 1.59. The van der Waals surface area contributed by atoms with Gasteiger partial charge in [0.15, 0.2) is 0 Å². The van der Waals surface area contributed by atoms with Crippen molar-refractivity contribution in [3.8, 4) is 0 Å². The van der Waals surface area contributed by atoms with Crippen LogP contribution in [0.15, 0.2) is 29.4 Å². The van der Waals surface area contributed by atoms with Crippen molar-refractivity contribution in [3.63, 3.8) is 0 Å². The Morgan fingerprint density at radius 2 is 1.75 bits per heavy atom. The number of hydrogen-bond acceptors (Lipinski definition) is 8. The molecule has 0 saturated carbocycles. The zero-order valence-corrected chi connectivity index (χ0v) is 18.5. The first-order chi connectivity index (χ1) is 15.5. The molecule has 2 aromatic rings. The highest BCUT2D eigenvalue weighted by molar-refractivity contribution is 7.89. The molecule has 2 N–H and O–H groups in total. The van der Waals surface area contributed by atoms with Crippen LogP contribution in [0.2, 0.25) is 0 Å². The number of morpholine rings is 1. The number of hydrogen-bond donors (Lipinski definition) is 2. The maximum atomic E-state index is 12.9. The van der Waals surface area contributed by atoms with Gasteiger partial charge in [-0.1, -0.05) is 0 Å². The molecule has 10 nitrogen and oxygen atoms in total. The van der Waals surface area contributed by atoms with E-state index in [-0.39, 0.29) is 17.3 Å². The van der Waals surface area contributed by atoms with Crippen LogP contribution in [0.1, 0.15) is 17.5 Å². The van der Waals surface area contributed by atoms with Crippen molar-refractivity contribution in [1.82, 2.24) is 14.7 Å². The minimum Gasteiger partial charge on any atom is -0.378 e. The molecule has 1 saturated heterocycles. The second kappa shape index (κ2) is 8.64. The van der Waals surface area contributed by atoms with Gasteiger partial charge < -0.3 is 19.9 Å². The summed E-state index contributed by atoms with van der Waals surface area (Å²) in [6, 6.07) is 5.27. The van der Waals surface area contributed by atoms with E-state index in [1.54, 1.807) is 17.0 Å². The Bertz CT molecular complexity index is 1130. The lowest BCUT2D eigenvalue weighted by molar-refractivity contribution is -0.118. The first kappa shape index (κ1) is 21.1. The van der Waals surface area contributed by atoms with Crippen LogP contribution in [-0.4, -0.2) is 70.2 Å². The number of nitrogens with zero attached hydrogens (tertiary/aromatic N) is 4. The van der Waals surface area contributed by atoms with Crippen molar-refractivity contribution in [1.29, 1.82) is 0 Å². The molecule has 32 heavy (non-hydrogen) atoms. The lowest BCUT2D eigenvalue weighted by Gasteiger charge is -2.27. The largest absolute Gasteiger partial charge is 0.378 e. The third kappa shape index (κ3) is 4.15. The molecule has 0 radical (unpaired) electrons. The smallest absolute Gasteiger partial charge is 0.240 e. The van der Waals surface area contributed by atoms with E-state index in [2.05, 4.69) is 24.9 Å². The maximum Gasteiger partial charge on any atom is 0.240 e. The molecule has 3 aliphatic rings. The van der Waals surface area contributed by atoms with Crippen LogP contribution in [0, 0.1) is 0 Å². The van der Waals surface area contributed by atoms with Gasteiger partial charge in [-0.05, 0) is 36.1 Å². The summed E-state index contributed by atoms with van der Waals surface area (Å²) in [7, 11) is -3.65. The van der Waals surface area contributed by atoms with Crippen LogP contribution in [0.4, 0.5) is 17.3 Å². The van der Waals surface area contributed by atoms with Crippen LogP contribution < -0.4 is 19.8 Å². The van der Waals surface area contributed by atoms with Crippen molar-refractivity contribution >= 4 is 33.3 Å². The fourth-order valence-electron chi connectivity index (χ4n) is 4.45. The zero-order valence-electron chi connectivity index (χ0n) is 17.7. The Kier molecular flexibility index (Phi) is 5.70. The summed E-state index contributed by atoms with van der Waals surface area (Å²) in [6.07, 6.45) is 3.21. The lowest BCUT2D eigenvalue weighted by atomic mass is 10.00. The Hall–Kier alpha value is -2.76. The highest BCUT2D eigenvalue weighted by Crippen LogP contribution is 2.38. The van der Waals surface area contributed by atoms with Gasteiger partial charge in [-0.25, -0.2) is 23.1 Å². The van der Waals surface area contributed by atoms with E-state index in [9.17, 15) is 13.2 Å². The van der Waals surface area contributed by atoms with Crippen molar-refractivity contribution in [2.24, 2.45) is 0 Å². The fraction of sp³-hybridized carbons (Fsp3) is 0.476. The number of aromatic nitrogens is 2. The third-order valence-electron chi connectivity index (χ3n) is 6.05. The standard InChI is InChI=1S/C21H26N6O4S/c28-20-2-1-15-11-17(12-16-3-6-27(20)21(15)16)32(29,30)25-5-4-22-18-13-19(24-14-23-18)26-7-9-31-10-8-26/h11-14,25H,1-10H2,(H,22,23,24). The molecule has 0 unspecified atom stereocenters. The van der Waals surface area contributed by atoms with Gasteiger partial charge in [-0.15, -0.1) is 0 Å². The summed E-state index contributed by atoms with van der Waals surface area (Å²) in [5.41, 5.74) is 2.79. The summed E-state index contributed by atoms with van der Waals surface area (Å²) in [6.45, 7) is 4.15. The molecular weight excluding hydrogens is 432 g/mol. The number of nitrogens with one attached hydrogen (secondary N) is 2. The van der Waals surface area contributed by atoms with Crippen molar-refractivity contribution in [3.05, 3.63) is 35.7 Å². The van der Waals surface area contributed by atoms with Gasteiger partial charge in [-0.2, -0.15) is 0 Å². The summed E-state index contributed by atoms with van der Waals surface area (Å²) < 4.78 is 33.8. The number of anilines is 3. The first-order valence-corrected chi connectivity index (χ1v) is 12.3. The Morgan fingerprint density at radius 3 is 2.56 bits per heavy atom. The first-order valence-electron chi connectivity index (χ1n) is 10.9. The molecule has 170 valence electrons. The lowest BCUT2D eigenvalue weighted by Crippen LogP contribution is -2.36. The Labute approximate surface area is 187 Å². The number of benzene rings is 1. The van der Waals surface area contributed by atoms with Gasteiger partial charge in [0.2, 0.25) is 15.9 Å². The number of carbonyl (C=O) groups is 1. The number of amides is 1. The zero-order chi connectivity index (χ0) is 22.1. The fourth-order valence-corrected chi connectivity index (χ4v) is 5.58. The molecular formula is C21H26N6O4S. The van der Waals surface area contributed by atoms with Gasteiger partial charge in [0.05, 0.1) is 23.8 Å². The third-order valence-corrected chi connectivity index (χ3v) is 7.49. The van der Waals surface area contributed by atoms with Gasteiger partial charge in [0.1, 0.15) is 18.0 Å². The van der Waals surface area contributed by atoms with E-state index in [0.29, 0.717) is 51.4 Å². The minimum atomic E-state index is -3.65. The molecule has 0 bridgehead atoms. The number of carbonyl (C=O) groups excluding carboxylic acids is 1. The Balaban J connectivity index is 1.20. The predicted octanol–water partition coefficient (Wildman–Crippen LogP) is 0.539. The maximum absolute atomic E-state index is 12.9. The molecule has 1 aromatic heterocycles. The number of ether oxygens (including phenoxy) is 1. The highest BCUT2D eigenvalue weighted by Gasteiger charge is 2.32. The van der Waals surface area contributed by atoms with Gasteiger partial charge in [-0.3, -0.25) is 4.79 Å². The molecule has 5 rings (SSSR count). The van der Waals surface area contributed by atoms with Crippen molar-refractivity contribution in [2.75, 3.05) is 61.1 Å².